The quantitative estimate of drug-likeness (QED) is 0.278. The van der Waals surface area contributed by atoms with Crippen LogP contribution in [0.3, 0.4) is 0 Å². The number of amides is 1. The molecule has 0 saturated heterocycles. The van der Waals surface area contributed by atoms with Gasteiger partial charge < -0.3 is 15.0 Å². The average Bonchev–Trinajstić information content (AvgIpc) is 3.19. The van der Waals surface area contributed by atoms with E-state index in [1.807, 2.05) is 56.3 Å². The molecule has 0 fully saturated rings. The van der Waals surface area contributed by atoms with Crippen molar-refractivity contribution in [1.82, 2.24) is 14.5 Å². The topological polar surface area (TPSA) is 97.1 Å². The molecule has 0 bridgehead atoms. The van der Waals surface area contributed by atoms with Gasteiger partial charge in [-0.3, -0.25) is 4.79 Å². The highest BCUT2D eigenvalue weighted by Crippen LogP contribution is 2.26. The lowest BCUT2D eigenvalue weighted by atomic mass is 9.99. The highest BCUT2D eigenvalue weighted by Gasteiger charge is 2.16. The van der Waals surface area contributed by atoms with E-state index in [2.05, 4.69) is 16.8 Å². The van der Waals surface area contributed by atoms with Crippen molar-refractivity contribution in [3.8, 4) is 11.1 Å². The molecule has 4 aromatic rings. The van der Waals surface area contributed by atoms with Crippen LogP contribution in [0.25, 0.3) is 22.3 Å². The molecule has 7 nitrogen and oxygen atoms in total. The number of aromatic carboxylic acids is 1. The van der Waals surface area contributed by atoms with Gasteiger partial charge in [0.1, 0.15) is 11.3 Å². The number of hydrogen-bond acceptors (Lipinski definition) is 4. The van der Waals surface area contributed by atoms with Crippen molar-refractivity contribution in [2.24, 2.45) is 0 Å². The second-order valence-electron chi connectivity index (χ2n) is 9.03. The Balaban J connectivity index is 1.67. The minimum absolute atomic E-state index is 0.0167. The first-order valence-electron chi connectivity index (χ1n) is 12.5. The fourth-order valence-electron chi connectivity index (χ4n) is 4.34. The summed E-state index contributed by atoms with van der Waals surface area (Å²) >= 11 is 0. The maximum absolute atomic E-state index is 12.1. The first-order valence-corrected chi connectivity index (χ1v) is 12.5. The van der Waals surface area contributed by atoms with E-state index >= 15 is 0 Å². The highest BCUT2D eigenvalue weighted by atomic mass is 16.4. The molecule has 36 heavy (non-hydrogen) atoms. The van der Waals surface area contributed by atoms with Gasteiger partial charge in [0.05, 0.1) is 23.5 Å². The zero-order valence-electron chi connectivity index (χ0n) is 21.0. The summed E-state index contributed by atoms with van der Waals surface area (Å²) in [4.78, 5) is 33.5. The van der Waals surface area contributed by atoms with Crippen molar-refractivity contribution < 1.29 is 14.7 Å². The van der Waals surface area contributed by atoms with Crippen LogP contribution in [0.2, 0.25) is 0 Å². The second kappa shape index (κ2) is 11.2. The minimum Gasteiger partial charge on any atom is -0.478 e. The van der Waals surface area contributed by atoms with E-state index in [9.17, 15) is 14.7 Å². The molecule has 0 saturated carbocycles. The molecule has 0 aliphatic rings. The molecule has 186 valence electrons. The Bertz CT molecular complexity index is 1390. The summed E-state index contributed by atoms with van der Waals surface area (Å²) in [7, 11) is 0. The number of carboxylic acid groups (broad SMARTS) is 1. The Hall–Kier alpha value is -4.00. The van der Waals surface area contributed by atoms with Crippen LogP contribution in [0.1, 0.15) is 67.0 Å². The lowest BCUT2D eigenvalue weighted by Gasteiger charge is -2.12. The number of nitrogens with one attached hydrogen (secondary N) is 1. The maximum Gasteiger partial charge on any atom is 0.336 e. The van der Waals surface area contributed by atoms with Gasteiger partial charge in [-0.05, 0) is 48.6 Å². The smallest absolute Gasteiger partial charge is 0.336 e. The number of imidazole rings is 1. The molecule has 0 aliphatic carbocycles. The van der Waals surface area contributed by atoms with E-state index in [-0.39, 0.29) is 11.5 Å². The molecule has 0 unspecified atom stereocenters. The van der Waals surface area contributed by atoms with E-state index in [1.165, 1.54) is 0 Å². The molecule has 2 aromatic heterocycles. The number of unbranched alkanes of at least 4 members (excludes halogenated alkanes) is 1. The van der Waals surface area contributed by atoms with Crippen LogP contribution < -0.4 is 5.32 Å². The third-order valence-electron chi connectivity index (χ3n) is 6.26. The van der Waals surface area contributed by atoms with Crippen molar-refractivity contribution in [3.63, 3.8) is 0 Å². The minimum atomic E-state index is -0.938. The zero-order chi connectivity index (χ0) is 25.7. The van der Waals surface area contributed by atoms with E-state index < -0.39 is 5.97 Å². The number of anilines is 1. The second-order valence-corrected chi connectivity index (χ2v) is 9.03. The van der Waals surface area contributed by atoms with Crippen LogP contribution in [0.4, 0.5) is 5.69 Å². The highest BCUT2D eigenvalue weighted by molar-refractivity contribution is 5.96. The monoisotopic (exact) mass is 484 g/mol. The number of nitrogens with zero attached hydrogens (tertiary/aromatic N) is 3. The van der Waals surface area contributed by atoms with Gasteiger partial charge in [0.25, 0.3) is 0 Å². The number of carbonyl (C=O) groups is 2. The van der Waals surface area contributed by atoms with Crippen LogP contribution in [0.5, 0.6) is 0 Å². The van der Waals surface area contributed by atoms with E-state index in [0.29, 0.717) is 24.2 Å². The van der Waals surface area contributed by atoms with Crippen LogP contribution in [0.15, 0.2) is 54.6 Å². The summed E-state index contributed by atoms with van der Waals surface area (Å²) in [6.45, 7) is 6.64. The van der Waals surface area contributed by atoms with Crippen LogP contribution in [0, 0.1) is 6.92 Å². The number of benzene rings is 2. The van der Waals surface area contributed by atoms with Crippen molar-refractivity contribution in [3.05, 3.63) is 77.2 Å². The molecule has 1 amide bonds. The van der Waals surface area contributed by atoms with Gasteiger partial charge in [-0.25, -0.2) is 14.8 Å². The number of rotatable bonds is 10. The molecule has 2 heterocycles. The Morgan fingerprint density at radius 2 is 1.75 bits per heavy atom. The van der Waals surface area contributed by atoms with E-state index in [0.717, 1.165) is 59.5 Å². The predicted molar refractivity (Wildman–Crippen MR) is 142 cm³/mol. The third kappa shape index (κ3) is 5.46. The fraction of sp³-hybridized carbons (Fsp3) is 0.310. The first-order chi connectivity index (χ1) is 17.4. The summed E-state index contributed by atoms with van der Waals surface area (Å²) in [5, 5.41) is 12.5. The number of carboxylic acids is 1. The fourth-order valence-corrected chi connectivity index (χ4v) is 4.34. The van der Waals surface area contributed by atoms with Crippen molar-refractivity contribution in [2.45, 2.75) is 59.4 Å². The molecule has 0 aliphatic heterocycles. The number of carbonyl (C=O) groups excluding carboxylic acids is 1. The van der Waals surface area contributed by atoms with Crippen LogP contribution >= 0.6 is 0 Å². The van der Waals surface area contributed by atoms with Gasteiger partial charge in [-0.2, -0.15) is 0 Å². The molecule has 0 spiro atoms. The molecule has 4 rings (SSSR count). The maximum atomic E-state index is 12.1. The third-order valence-corrected chi connectivity index (χ3v) is 6.26. The van der Waals surface area contributed by atoms with Gasteiger partial charge in [-0.15, -0.1) is 0 Å². The standard InChI is InChI=1S/C29H32N4O3/c1-4-6-12-26-31-25-17-24(32-27(34)9-5-2)19(3)30-28(25)33(26)18-20-13-15-21(16-14-20)22-10-7-8-11-23(22)29(35)36/h7-8,10-11,13-17H,4-6,9,12,18H2,1-3H3,(H,32,34)(H,35,36). The zero-order valence-corrected chi connectivity index (χ0v) is 21.0. The van der Waals surface area contributed by atoms with Gasteiger partial charge in [0.15, 0.2) is 5.65 Å². The van der Waals surface area contributed by atoms with Gasteiger partial charge >= 0.3 is 5.97 Å². The number of fused-ring (bicyclic) bond motifs is 1. The summed E-state index contributed by atoms with van der Waals surface area (Å²) < 4.78 is 2.15. The molecule has 0 atom stereocenters. The van der Waals surface area contributed by atoms with Gasteiger partial charge in [0.2, 0.25) is 5.91 Å². The van der Waals surface area contributed by atoms with E-state index in [1.54, 1.807) is 12.1 Å². The van der Waals surface area contributed by atoms with Gasteiger partial charge in [0, 0.05) is 12.8 Å². The van der Waals surface area contributed by atoms with E-state index in [4.69, 9.17) is 9.97 Å². The number of aryl methyl sites for hydroxylation is 2. The molecular formula is C29H32N4O3. The molecule has 7 heteroatoms. The van der Waals surface area contributed by atoms with Crippen molar-refractivity contribution >= 4 is 28.7 Å². The van der Waals surface area contributed by atoms with Crippen LogP contribution in [-0.2, 0) is 17.8 Å². The molecule has 2 aromatic carbocycles. The van der Waals surface area contributed by atoms with Crippen molar-refractivity contribution in [1.29, 1.82) is 0 Å². The normalized spacial score (nSPS) is 11.1. The Morgan fingerprint density at radius 3 is 2.44 bits per heavy atom. The van der Waals surface area contributed by atoms with Gasteiger partial charge in [-0.1, -0.05) is 62.7 Å². The number of pyridine rings is 1. The Labute approximate surface area is 211 Å². The van der Waals surface area contributed by atoms with Crippen molar-refractivity contribution in [2.75, 3.05) is 5.32 Å². The lowest BCUT2D eigenvalue weighted by molar-refractivity contribution is -0.116. The number of hydrogen-bond donors (Lipinski definition) is 2. The Kier molecular flexibility index (Phi) is 7.78. The van der Waals surface area contributed by atoms with Crippen LogP contribution in [-0.4, -0.2) is 31.5 Å². The lowest BCUT2D eigenvalue weighted by Crippen LogP contribution is -2.12. The summed E-state index contributed by atoms with van der Waals surface area (Å²) in [5.41, 5.74) is 5.95. The molecular weight excluding hydrogens is 452 g/mol. The SMILES string of the molecule is CCCCc1nc2cc(NC(=O)CCC)c(C)nc2n1Cc1ccc(-c2ccccc2C(=O)O)cc1. The summed E-state index contributed by atoms with van der Waals surface area (Å²) in [6, 6.07) is 16.9. The Morgan fingerprint density at radius 1 is 1.00 bits per heavy atom. The largest absolute Gasteiger partial charge is 0.478 e. The predicted octanol–water partition coefficient (Wildman–Crippen LogP) is 6.23. The average molecular weight is 485 g/mol. The summed E-state index contributed by atoms with van der Waals surface area (Å²) in [6.07, 6.45) is 4.18. The number of aromatic nitrogens is 3. The molecule has 0 radical (unpaired) electrons. The summed E-state index contributed by atoms with van der Waals surface area (Å²) in [5.74, 6) is 0.0138. The first kappa shape index (κ1) is 25.1. The molecule has 2 N–H and O–H groups in total.